The topological polar surface area (TPSA) is 58.6 Å². The first-order valence-electron chi connectivity index (χ1n) is 6.06. The van der Waals surface area contributed by atoms with Gasteiger partial charge in [0.1, 0.15) is 5.56 Å². The van der Waals surface area contributed by atoms with Crippen molar-refractivity contribution in [2.24, 2.45) is 0 Å². The van der Waals surface area contributed by atoms with E-state index in [0.717, 1.165) is 25.9 Å². The Hall–Kier alpha value is -1.26. The van der Waals surface area contributed by atoms with Crippen LogP contribution >= 0.6 is 11.6 Å². The van der Waals surface area contributed by atoms with Crippen LogP contribution in [0.3, 0.4) is 0 Å². The first-order valence-corrected chi connectivity index (χ1v) is 6.43. The minimum atomic E-state index is -1.02. The first-order chi connectivity index (χ1) is 8.68. The lowest BCUT2D eigenvalue weighted by Crippen LogP contribution is -2.27. The third-order valence-electron chi connectivity index (χ3n) is 3.02. The number of nitrogens with one attached hydrogen (secondary N) is 1. The highest BCUT2D eigenvalue weighted by Crippen LogP contribution is 2.24. The molecule has 0 radical (unpaired) electrons. The number of ether oxygens (including phenoxy) is 1. The predicted octanol–water partition coefficient (Wildman–Crippen LogP) is 3.02. The van der Waals surface area contributed by atoms with Crippen molar-refractivity contribution in [3.63, 3.8) is 0 Å². The Kier molecular flexibility index (Phi) is 4.44. The van der Waals surface area contributed by atoms with E-state index in [-0.39, 0.29) is 16.7 Å². The van der Waals surface area contributed by atoms with Crippen molar-refractivity contribution < 1.29 is 14.6 Å². The molecule has 18 heavy (non-hydrogen) atoms. The Labute approximate surface area is 111 Å². The standard InChI is InChI=1S/C13H16ClNO3/c14-10-5-3-6-11(12(10)13(16)17)15-8-9-4-1-2-7-18-9/h3,5-6,9,15H,1-2,4,7-8H2,(H,16,17). The van der Waals surface area contributed by atoms with Gasteiger partial charge in [-0.15, -0.1) is 0 Å². The summed E-state index contributed by atoms with van der Waals surface area (Å²) in [5.41, 5.74) is 0.666. The number of halogens is 1. The van der Waals surface area contributed by atoms with E-state index in [1.54, 1.807) is 18.2 Å². The van der Waals surface area contributed by atoms with Gasteiger partial charge < -0.3 is 15.2 Å². The molecule has 0 spiro atoms. The van der Waals surface area contributed by atoms with Crippen molar-refractivity contribution in [3.05, 3.63) is 28.8 Å². The molecule has 1 aromatic rings. The van der Waals surface area contributed by atoms with Gasteiger partial charge in [-0.05, 0) is 31.4 Å². The Balaban J connectivity index is 2.04. The zero-order valence-corrected chi connectivity index (χ0v) is 10.7. The molecule has 1 unspecified atom stereocenters. The van der Waals surface area contributed by atoms with Gasteiger partial charge in [0.15, 0.2) is 0 Å². The Morgan fingerprint density at radius 1 is 1.50 bits per heavy atom. The summed E-state index contributed by atoms with van der Waals surface area (Å²) in [7, 11) is 0. The molecular weight excluding hydrogens is 254 g/mol. The van der Waals surface area contributed by atoms with Crippen molar-refractivity contribution in [2.75, 3.05) is 18.5 Å². The van der Waals surface area contributed by atoms with Gasteiger partial charge in [0.2, 0.25) is 0 Å². The number of benzene rings is 1. The van der Waals surface area contributed by atoms with Gasteiger partial charge >= 0.3 is 5.97 Å². The van der Waals surface area contributed by atoms with Gasteiger partial charge in [-0.25, -0.2) is 4.79 Å². The zero-order valence-electron chi connectivity index (χ0n) is 9.99. The van der Waals surface area contributed by atoms with Gasteiger partial charge in [-0.3, -0.25) is 0 Å². The number of carbonyl (C=O) groups is 1. The number of hydrogen-bond donors (Lipinski definition) is 2. The van der Waals surface area contributed by atoms with E-state index in [4.69, 9.17) is 21.4 Å². The smallest absolute Gasteiger partial charge is 0.339 e. The lowest BCUT2D eigenvalue weighted by atomic mass is 10.1. The molecule has 1 aromatic carbocycles. The van der Waals surface area contributed by atoms with Crippen molar-refractivity contribution in [3.8, 4) is 0 Å². The highest BCUT2D eigenvalue weighted by atomic mass is 35.5. The average molecular weight is 270 g/mol. The summed E-state index contributed by atoms with van der Waals surface area (Å²) in [5, 5.41) is 12.5. The molecule has 1 aliphatic heterocycles. The number of carboxylic acid groups (broad SMARTS) is 1. The second kappa shape index (κ2) is 6.07. The van der Waals surface area contributed by atoms with E-state index >= 15 is 0 Å². The maximum atomic E-state index is 11.1. The monoisotopic (exact) mass is 269 g/mol. The summed E-state index contributed by atoms with van der Waals surface area (Å²) in [6, 6.07) is 5.03. The van der Waals surface area contributed by atoms with Crippen LogP contribution in [0.5, 0.6) is 0 Å². The fourth-order valence-corrected chi connectivity index (χ4v) is 2.34. The summed E-state index contributed by atoms with van der Waals surface area (Å²) in [4.78, 5) is 11.1. The highest BCUT2D eigenvalue weighted by molar-refractivity contribution is 6.34. The van der Waals surface area contributed by atoms with Crippen LogP contribution in [0.4, 0.5) is 5.69 Å². The number of anilines is 1. The summed E-state index contributed by atoms with van der Waals surface area (Å²) in [6.45, 7) is 1.40. The largest absolute Gasteiger partial charge is 0.478 e. The summed E-state index contributed by atoms with van der Waals surface area (Å²) in [5.74, 6) is -1.02. The summed E-state index contributed by atoms with van der Waals surface area (Å²) >= 11 is 5.89. The van der Waals surface area contributed by atoms with E-state index in [1.165, 1.54) is 0 Å². The third kappa shape index (κ3) is 3.15. The number of hydrogen-bond acceptors (Lipinski definition) is 3. The third-order valence-corrected chi connectivity index (χ3v) is 3.34. The average Bonchev–Trinajstić information content (AvgIpc) is 2.37. The number of rotatable bonds is 4. The Bertz CT molecular complexity index is 430. The van der Waals surface area contributed by atoms with Crippen LogP contribution in [0.1, 0.15) is 29.6 Å². The number of aromatic carboxylic acids is 1. The van der Waals surface area contributed by atoms with Crippen LogP contribution in [0.15, 0.2) is 18.2 Å². The van der Waals surface area contributed by atoms with E-state index in [1.807, 2.05) is 0 Å². The van der Waals surface area contributed by atoms with Crippen molar-refractivity contribution >= 4 is 23.3 Å². The van der Waals surface area contributed by atoms with Gasteiger partial charge in [-0.2, -0.15) is 0 Å². The van der Waals surface area contributed by atoms with Gasteiger partial charge in [-0.1, -0.05) is 17.7 Å². The van der Waals surface area contributed by atoms with E-state index in [2.05, 4.69) is 5.32 Å². The van der Waals surface area contributed by atoms with E-state index < -0.39 is 5.97 Å². The highest BCUT2D eigenvalue weighted by Gasteiger charge is 2.17. The maximum absolute atomic E-state index is 11.1. The Morgan fingerprint density at radius 3 is 3.00 bits per heavy atom. The molecule has 1 saturated heterocycles. The molecule has 1 atom stereocenters. The van der Waals surface area contributed by atoms with Crippen LogP contribution in [0, 0.1) is 0 Å². The molecule has 98 valence electrons. The van der Waals surface area contributed by atoms with Crippen LogP contribution in [0.25, 0.3) is 0 Å². The normalized spacial score (nSPS) is 19.5. The number of carboxylic acids is 1. The molecule has 0 aliphatic carbocycles. The Morgan fingerprint density at radius 2 is 2.33 bits per heavy atom. The van der Waals surface area contributed by atoms with Crippen molar-refractivity contribution in [1.82, 2.24) is 0 Å². The molecule has 2 rings (SSSR count). The van der Waals surface area contributed by atoms with Crippen molar-refractivity contribution in [2.45, 2.75) is 25.4 Å². The van der Waals surface area contributed by atoms with E-state index in [9.17, 15) is 4.79 Å². The minimum Gasteiger partial charge on any atom is -0.478 e. The molecule has 0 saturated carbocycles. The lowest BCUT2D eigenvalue weighted by Gasteiger charge is -2.23. The molecule has 0 aromatic heterocycles. The van der Waals surface area contributed by atoms with Gasteiger partial charge in [0.05, 0.1) is 16.8 Å². The fourth-order valence-electron chi connectivity index (χ4n) is 2.08. The van der Waals surface area contributed by atoms with Crippen LogP contribution in [0.2, 0.25) is 5.02 Å². The van der Waals surface area contributed by atoms with E-state index in [0.29, 0.717) is 12.2 Å². The lowest BCUT2D eigenvalue weighted by molar-refractivity contribution is 0.0247. The maximum Gasteiger partial charge on any atom is 0.339 e. The molecule has 1 fully saturated rings. The first kappa shape index (κ1) is 13.2. The van der Waals surface area contributed by atoms with Crippen molar-refractivity contribution in [1.29, 1.82) is 0 Å². The quantitative estimate of drug-likeness (QED) is 0.882. The molecule has 1 aliphatic rings. The SMILES string of the molecule is O=C(O)c1c(Cl)cccc1NCC1CCCCO1. The second-order valence-corrected chi connectivity index (χ2v) is 4.74. The summed E-state index contributed by atoms with van der Waals surface area (Å²) < 4.78 is 5.59. The molecule has 0 amide bonds. The van der Waals surface area contributed by atoms with Crippen LogP contribution in [-0.2, 0) is 4.74 Å². The fraction of sp³-hybridized carbons (Fsp3) is 0.462. The zero-order chi connectivity index (χ0) is 13.0. The molecule has 1 heterocycles. The summed E-state index contributed by atoms with van der Waals surface area (Å²) in [6.07, 6.45) is 3.43. The molecule has 5 heteroatoms. The second-order valence-electron chi connectivity index (χ2n) is 4.34. The molecular formula is C13H16ClNO3. The molecule has 0 bridgehead atoms. The minimum absolute atomic E-state index is 0.120. The van der Waals surface area contributed by atoms with Crippen LogP contribution in [-0.4, -0.2) is 30.3 Å². The van der Waals surface area contributed by atoms with Gasteiger partial charge in [0, 0.05) is 13.2 Å². The van der Waals surface area contributed by atoms with Crippen LogP contribution < -0.4 is 5.32 Å². The predicted molar refractivity (Wildman–Crippen MR) is 70.5 cm³/mol. The molecule has 4 nitrogen and oxygen atoms in total. The van der Waals surface area contributed by atoms with Gasteiger partial charge in [0.25, 0.3) is 0 Å². The molecule has 2 N–H and O–H groups in total.